The van der Waals surface area contributed by atoms with Crippen molar-refractivity contribution in [1.29, 1.82) is 0 Å². The van der Waals surface area contributed by atoms with Gasteiger partial charge in [-0.2, -0.15) is 0 Å². The second-order valence-electron chi connectivity index (χ2n) is 5.20. The molecule has 0 atom stereocenters. The summed E-state index contributed by atoms with van der Waals surface area (Å²) in [5, 5.41) is 1.32. The van der Waals surface area contributed by atoms with Crippen LogP contribution in [-0.4, -0.2) is 42.1 Å². The van der Waals surface area contributed by atoms with Gasteiger partial charge in [0.05, 0.1) is 11.9 Å². The lowest BCUT2D eigenvalue weighted by atomic mass is 10.2. The highest BCUT2D eigenvalue weighted by Crippen LogP contribution is 2.46. The Morgan fingerprint density at radius 2 is 2.10 bits per heavy atom. The Hall–Kier alpha value is -1.30. The van der Waals surface area contributed by atoms with Crippen LogP contribution in [0.2, 0.25) is 5.15 Å². The van der Waals surface area contributed by atoms with Crippen LogP contribution in [0.4, 0.5) is 11.5 Å². The third-order valence-corrected chi connectivity index (χ3v) is 4.51. The molecule has 2 heterocycles. The Morgan fingerprint density at radius 1 is 1.29 bits per heavy atom. The summed E-state index contributed by atoms with van der Waals surface area (Å²) < 4.78 is 0. The molecule has 1 aromatic heterocycles. The molecule has 0 amide bonds. The summed E-state index contributed by atoms with van der Waals surface area (Å²) in [5.74, 6) is 0.904. The van der Waals surface area contributed by atoms with Crippen LogP contribution in [0.5, 0.6) is 0 Å². The van der Waals surface area contributed by atoms with E-state index in [1.165, 1.54) is 10.6 Å². The van der Waals surface area contributed by atoms with E-state index in [2.05, 4.69) is 52.1 Å². The molecular weight excluding hydrogens is 304 g/mol. The lowest BCUT2D eigenvalue weighted by molar-refractivity contribution is 0.402. The fourth-order valence-electron chi connectivity index (χ4n) is 2.36. The maximum absolute atomic E-state index is 5.99. The van der Waals surface area contributed by atoms with Gasteiger partial charge in [0.1, 0.15) is 10.2 Å². The van der Waals surface area contributed by atoms with Crippen molar-refractivity contribution in [2.45, 2.75) is 16.3 Å². The summed E-state index contributed by atoms with van der Waals surface area (Å²) >= 11 is 7.62. The Kier molecular flexibility index (Phi) is 4.33. The fraction of sp³-hybridized carbons (Fsp3) is 0.333. The van der Waals surface area contributed by atoms with Gasteiger partial charge in [0.15, 0.2) is 5.82 Å². The molecule has 1 aliphatic rings. The van der Waals surface area contributed by atoms with E-state index in [0.717, 1.165) is 30.4 Å². The highest BCUT2D eigenvalue weighted by Gasteiger charge is 2.25. The maximum atomic E-state index is 5.99. The standard InChI is InChI=1S/C15H17ClN4S/c1-19(2)8-5-9-20-11-6-3-4-7-12(11)21-15-14(20)17-10-13(16)18-15/h3-4,6-7,10H,5,8-9H2,1-2H3. The van der Waals surface area contributed by atoms with E-state index >= 15 is 0 Å². The fourth-order valence-corrected chi connectivity index (χ4v) is 3.57. The van der Waals surface area contributed by atoms with E-state index in [1.807, 2.05) is 6.07 Å². The highest BCUT2D eigenvalue weighted by molar-refractivity contribution is 7.99. The Labute approximate surface area is 134 Å². The van der Waals surface area contributed by atoms with Gasteiger partial charge in [0.2, 0.25) is 0 Å². The zero-order valence-corrected chi connectivity index (χ0v) is 13.7. The molecule has 0 N–H and O–H groups in total. The van der Waals surface area contributed by atoms with Crippen LogP contribution in [0, 0.1) is 0 Å². The molecule has 1 aromatic carbocycles. The maximum Gasteiger partial charge on any atom is 0.166 e. The number of halogens is 1. The van der Waals surface area contributed by atoms with Crippen LogP contribution in [-0.2, 0) is 0 Å². The van der Waals surface area contributed by atoms with E-state index in [-0.39, 0.29) is 0 Å². The zero-order chi connectivity index (χ0) is 14.8. The molecule has 110 valence electrons. The number of hydrogen-bond acceptors (Lipinski definition) is 5. The van der Waals surface area contributed by atoms with Crippen LogP contribution in [0.15, 0.2) is 40.4 Å². The van der Waals surface area contributed by atoms with Gasteiger partial charge in [-0.3, -0.25) is 0 Å². The number of nitrogens with zero attached hydrogens (tertiary/aromatic N) is 4. The van der Waals surface area contributed by atoms with E-state index in [4.69, 9.17) is 11.6 Å². The summed E-state index contributed by atoms with van der Waals surface area (Å²) in [6, 6.07) is 8.36. The molecule has 0 saturated heterocycles. The first kappa shape index (κ1) is 14.6. The monoisotopic (exact) mass is 320 g/mol. The van der Waals surface area contributed by atoms with Gasteiger partial charge in [0, 0.05) is 11.4 Å². The van der Waals surface area contributed by atoms with Gasteiger partial charge >= 0.3 is 0 Å². The van der Waals surface area contributed by atoms with Crippen LogP contribution in [0.25, 0.3) is 0 Å². The highest BCUT2D eigenvalue weighted by atomic mass is 35.5. The third-order valence-electron chi connectivity index (χ3n) is 3.30. The van der Waals surface area contributed by atoms with E-state index < -0.39 is 0 Å². The lowest BCUT2D eigenvalue weighted by Gasteiger charge is -2.31. The van der Waals surface area contributed by atoms with Crippen molar-refractivity contribution in [2.75, 3.05) is 32.1 Å². The quantitative estimate of drug-likeness (QED) is 0.858. The number of para-hydroxylation sites is 1. The average Bonchev–Trinajstić information content (AvgIpc) is 2.46. The van der Waals surface area contributed by atoms with Crippen LogP contribution in [0.1, 0.15) is 6.42 Å². The third kappa shape index (κ3) is 3.15. The van der Waals surface area contributed by atoms with E-state index in [1.54, 1.807) is 18.0 Å². The predicted octanol–water partition coefficient (Wildman–Crippen LogP) is 3.68. The minimum atomic E-state index is 0.439. The number of fused-ring (bicyclic) bond motifs is 2. The average molecular weight is 321 g/mol. The van der Waals surface area contributed by atoms with Crippen LogP contribution < -0.4 is 4.90 Å². The molecule has 0 spiro atoms. The number of hydrogen-bond donors (Lipinski definition) is 0. The van der Waals surface area contributed by atoms with Crippen LogP contribution >= 0.6 is 23.4 Å². The normalized spacial score (nSPS) is 13.2. The van der Waals surface area contributed by atoms with Gasteiger partial charge in [-0.1, -0.05) is 35.5 Å². The number of rotatable bonds is 4. The summed E-state index contributed by atoms with van der Waals surface area (Å²) in [6.07, 6.45) is 2.68. The largest absolute Gasteiger partial charge is 0.323 e. The van der Waals surface area contributed by atoms with Crippen LogP contribution in [0.3, 0.4) is 0 Å². The summed E-state index contributed by atoms with van der Waals surface area (Å²) in [5.41, 5.74) is 1.20. The minimum Gasteiger partial charge on any atom is -0.323 e. The molecule has 3 rings (SSSR count). The SMILES string of the molecule is CN(C)CCCN1c2ccccc2Sc2nc(Cl)cnc21. The van der Waals surface area contributed by atoms with E-state index in [9.17, 15) is 0 Å². The van der Waals surface area contributed by atoms with Gasteiger partial charge in [-0.15, -0.1) is 0 Å². The number of benzene rings is 1. The molecule has 0 bridgehead atoms. The Balaban J connectivity index is 1.94. The summed E-state index contributed by atoms with van der Waals surface area (Å²) in [6.45, 7) is 1.96. The second-order valence-corrected chi connectivity index (χ2v) is 6.62. The topological polar surface area (TPSA) is 32.3 Å². The Morgan fingerprint density at radius 3 is 2.90 bits per heavy atom. The Bertz CT molecular complexity index is 647. The molecule has 0 aliphatic carbocycles. The van der Waals surface area contributed by atoms with Crippen molar-refractivity contribution in [3.05, 3.63) is 35.6 Å². The molecule has 21 heavy (non-hydrogen) atoms. The molecule has 0 radical (unpaired) electrons. The number of aromatic nitrogens is 2. The molecule has 6 heteroatoms. The van der Waals surface area contributed by atoms with Gasteiger partial charge < -0.3 is 9.80 Å². The van der Waals surface area contributed by atoms with Crippen molar-refractivity contribution in [2.24, 2.45) is 0 Å². The zero-order valence-electron chi connectivity index (χ0n) is 12.1. The predicted molar refractivity (Wildman–Crippen MR) is 87.8 cm³/mol. The van der Waals surface area contributed by atoms with Crippen molar-refractivity contribution < 1.29 is 0 Å². The molecule has 4 nitrogen and oxygen atoms in total. The van der Waals surface area contributed by atoms with Crippen molar-refractivity contribution >= 4 is 34.9 Å². The molecule has 1 aliphatic heterocycles. The first-order chi connectivity index (χ1) is 10.1. The van der Waals surface area contributed by atoms with Crippen molar-refractivity contribution in [3.63, 3.8) is 0 Å². The summed E-state index contributed by atoms with van der Waals surface area (Å²) in [7, 11) is 4.18. The first-order valence-corrected chi connectivity index (χ1v) is 8.06. The summed E-state index contributed by atoms with van der Waals surface area (Å²) in [4.78, 5) is 14.6. The number of anilines is 2. The molecule has 0 unspecified atom stereocenters. The smallest absolute Gasteiger partial charge is 0.166 e. The molecule has 0 saturated carbocycles. The van der Waals surface area contributed by atoms with Crippen molar-refractivity contribution in [1.82, 2.24) is 14.9 Å². The molecule has 2 aromatic rings. The molecule has 0 fully saturated rings. The molecular formula is C15H17ClN4S. The lowest BCUT2D eigenvalue weighted by Crippen LogP contribution is -2.26. The van der Waals surface area contributed by atoms with Crippen molar-refractivity contribution in [3.8, 4) is 0 Å². The van der Waals surface area contributed by atoms with Gasteiger partial charge in [-0.05, 0) is 39.2 Å². The first-order valence-electron chi connectivity index (χ1n) is 6.87. The second kappa shape index (κ2) is 6.22. The minimum absolute atomic E-state index is 0.439. The van der Waals surface area contributed by atoms with E-state index in [0.29, 0.717) is 5.15 Å². The van der Waals surface area contributed by atoms with Gasteiger partial charge in [-0.25, -0.2) is 9.97 Å². The van der Waals surface area contributed by atoms with Gasteiger partial charge in [0.25, 0.3) is 0 Å².